The van der Waals surface area contributed by atoms with Crippen LogP contribution in [0.25, 0.3) is 0 Å². The normalized spacial score (nSPS) is 9.00. The van der Waals surface area contributed by atoms with Gasteiger partial charge in [-0.15, -0.1) is 0 Å². The number of rotatable bonds is 0. The van der Waals surface area contributed by atoms with Gasteiger partial charge in [0.2, 0.25) is 0 Å². The maximum absolute atomic E-state index is 7.02. The lowest BCUT2D eigenvalue weighted by atomic mass is 10.3. The van der Waals surface area contributed by atoms with Gasteiger partial charge in [-0.2, -0.15) is 0 Å². The van der Waals surface area contributed by atoms with Crippen LogP contribution in [-0.4, -0.2) is 0 Å². The molecule has 1 aromatic rings. The van der Waals surface area contributed by atoms with Crippen LogP contribution in [0.15, 0.2) is 24.3 Å². The lowest BCUT2D eigenvalue weighted by Gasteiger charge is -1.88. The zero-order valence-corrected chi connectivity index (χ0v) is 4.31. The first kappa shape index (κ1) is 4.97. The summed E-state index contributed by atoms with van der Waals surface area (Å²) in [5.74, 6) is 0. The molecule has 2 N–H and O–H groups in total. The van der Waals surface area contributed by atoms with Crippen LogP contribution in [0.1, 0.15) is 0 Å². The van der Waals surface area contributed by atoms with E-state index < -0.39 is 0 Å². The van der Waals surface area contributed by atoms with E-state index >= 15 is 0 Å². The Morgan fingerprint density at radius 3 is 1.75 bits per heavy atom. The standard InChI is InChI=1S/C6H6N2/c7-5-2-1-3-6(8)4-5/h1-4,7-8H. The molecule has 0 bridgehead atoms. The highest BCUT2D eigenvalue weighted by atomic mass is 14.6. The van der Waals surface area contributed by atoms with Crippen LogP contribution in [-0.2, 0) is 0 Å². The SMILES string of the molecule is [NH]c1cccc([NH])c1. The van der Waals surface area contributed by atoms with Gasteiger partial charge in [-0.25, -0.2) is 0 Å². The Morgan fingerprint density at radius 1 is 1.00 bits per heavy atom. The van der Waals surface area contributed by atoms with Crippen molar-refractivity contribution in [1.82, 2.24) is 11.5 Å². The molecule has 0 amide bonds. The van der Waals surface area contributed by atoms with Gasteiger partial charge in [0.25, 0.3) is 0 Å². The Labute approximate surface area is 48.1 Å². The average molecular weight is 106 g/mol. The molecule has 0 saturated carbocycles. The summed E-state index contributed by atoms with van der Waals surface area (Å²) in [6.07, 6.45) is 0. The predicted octanol–water partition coefficient (Wildman–Crippen LogP) is 1.52. The summed E-state index contributed by atoms with van der Waals surface area (Å²) in [4.78, 5) is 0. The fourth-order valence-corrected chi connectivity index (χ4v) is 0.519. The quantitative estimate of drug-likeness (QED) is 0.481. The van der Waals surface area contributed by atoms with Gasteiger partial charge in [0.05, 0.1) is 11.4 Å². The molecule has 0 fully saturated rings. The Morgan fingerprint density at radius 2 is 1.50 bits per heavy atom. The second kappa shape index (κ2) is 1.74. The van der Waals surface area contributed by atoms with Crippen molar-refractivity contribution in [3.63, 3.8) is 0 Å². The third kappa shape index (κ3) is 0.904. The summed E-state index contributed by atoms with van der Waals surface area (Å²) in [5.41, 5.74) is 14.8. The van der Waals surface area contributed by atoms with E-state index in [9.17, 15) is 0 Å². The Balaban J connectivity index is 3.08. The highest BCUT2D eigenvalue weighted by molar-refractivity contribution is 5.46. The van der Waals surface area contributed by atoms with Crippen molar-refractivity contribution in [3.8, 4) is 0 Å². The molecule has 0 unspecified atom stereocenters. The molecule has 0 heterocycles. The van der Waals surface area contributed by atoms with Crippen molar-refractivity contribution in [2.45, 2.75) is 0 Å². The fourth-order valence-electron chi connectivity index (χ4n) is 0.519. The van der Waals surface area contributed by atoms with Crippen LogP contribution < -0.4 is 11.5 Å². The minimum Gasteiger partial charge on any atom is -0.301 e. The first-order chi connectivity index (χ1) is 3.79. The first-order valence-corrected chi connectivity index (χ1v) is 2.32. The smallest absolute Gasteiger partial charge is 0.0561 e. The molecule has 2 nitrogen and oxygen atoms in total. The van der Waals surface area contributed by atoms with Gasteiger partial charge < -0.3 is 11.5 Å². The van der Waals surface area contributed by atoms with Crippen LogP contribution in [0.2, 0.25) is 0 Å². The van der Waals surface area contributed by atoms with Gasteiger partial charge in [0, 0.05) is 0 Å². The van der Waals surface area contributed by atoms with Crippen molar-refractivity contribution in [2.24, 2.45) is 0 Å². The highest BCUT2D eigenvalue weighted by Crippen LogP contribution is 2.09. The molecule has 0 aliphatic heterocycles. The van der Waals surface area contributed by atoms with E-state index in [4.69, 9.17) is 11.5 Å². The predicted molar refractivity (Wildman–Crippen MR) is 32.0 cm³/mol. The molecular formula is C6H6N2. The fraction of sp³-hybridized carbons (Fsp3) is 0. The minimum atomic E-state index is 0.400. The summed E-state index contributed by atoms with van der Waals surface area (Å²) in [6, 6.07) is 6.50. The molecule has 1 aromatic carbocycles. The molecule has 0 aliphatic rings. The van der Waals surface area contributed by atoms with Crippen LogP contribution in [0, 0.1) is 0 Å². The summed E-state index contributed by atoms with van der Waals surface area (Å²) >= 11 is 0. The molecule has 0 spiro atoms. The van der Waals surface area contributed by atoms with E-state index in [0.29, 0.717) is 11.4 Å². The second-order valence-corrected chi connectivity index (χ2v) is 1.58. The summed E-state index contributed by atoms with van der Waals surface area (Å²) in [7, 11) is 0. The molecule has 0 atom stereocenters. The lowest BCUT2D eigenvalue weighted by molar-refractivity contribution is 1.43. The van der Waals surface area contributed by atoms with Crippen LogP contribution >= 0.6 is 0 Å². The van der Waals surface area contributed by atoms with Gasteiger partial charge in [-0.1, -0.05) is 6.07 Å². The molecule has 0 saturated heterocycles. The van der Waals surface area contributed by atoms with Gasteiger partial charge in [-0.3, -0.25) is 0 Å². The van der Waals surface area contributed by atoms with Crippen molar-refractivity contribution in [2.75, 3.05) is 0 Å². The van der Waals surface area contributed by atoms with Crippen molar-refractivity contribution in [3.05, 3.63) is 24.3 Å². The van der Waals surface area contributed by atoms with E-state index in [1.165, 1.54) is 6.07 Å². The second-order valence-electron chi connectivity index (χ2n) is 1.58. The number of hydrogen-bond acceptors (Lipinski definition) is 0. The van der Waals surface area contributed by atoms with Crippen LogP contribution in [0.5, 0.6) is 0 Å². The monoisotopic (exact) mass is 106 g/mol. The third-order valence-electron chi connectivity index (χ3n) is 0.863. The number of benzene rings is 1. The summed E-state index contributed by atoms with van der Waals surface area (Å²) in [6.45, 7) is 0. The van der Waals surface area contributed by atoms with Crippen LogP contribution in [0.3, 0.4) is 0 Å². The van der Waals surface area contributed by atoms with E-state index in [0.717, 1.165) is 0 Å². The molecule has 0 aliphatic carbocycles. The Hall–Kier alpha value is -1.18. The Bertz CT molecular complexity index is 166. The molecule has 2 radical (unpaired) electrons. The molecule has 1 rings (SSSR count). The van der Waals surface area contributed by atoms with E-state index in [-0.39, 0.29) is 0 Å². The largest absolute Gasteiger partial charge is 0.301 e. The van der Waals surface area contributed by atoms with E-state index in [1.807, 2.05) is 0 Å². The minimum absolute atomic E-state index is 0.400. The number of hydrogen-bond donors (Lipinski definition) is 0. The Kier molecular flexibility index (Phi) is 1.08. The summed E-state index contributed by atoms with van der Waals surface area (Å²) < 4.78 is 0. The zero-order chi connectivity index (χ0) is 5.98. The lowest BCUT2D eigenvalue weighted by Crippen LogP contribution is -1.68. The van der Waals surface area contributed by atoms with E-state index in [1.54, 1.807) is 18.2 Å². The summed E-state index contributed by atoms with van der Waals surface area (Å²) in [5, 5.41) is 0. The average Bonchev–Trinajstić information content (AvgIpc) is 1.64. The molecule has 8 heavy (non-hydrogen) atoms. The zero-order valence-electron chi connectivity index (χ0n) is 4.31. The third-order valence-corrected chi connectivity index (χ3v) is 0.863. The van der Waals surface area contributed by atoms with Crippen molar-refractivity contribution < 1.29 is 0 Å². The number of nitrogens with one attached hydrogen (secondary N) is 2. The van der Waals surface area contributed by atoms with Gasteiger partial charge in [-0.05, 0) is 18.2 Å². The molecule has 0 aromatic heterocycles. The van der Waals surface area contributed by atoms with Gasteiger partial charge >= 0.3 is 0 Å². The van der Waals surface area contributed by atoms with Gasteiger partial charge in [0.15, 0.2) is 0 Å². The molecular weight excluding hydrogens is 100 g/mol. The first-order valence-electron chi connectivity index (χ1n) is 2.32. The maximum atomic E-state index is 7.02. The molecule has 2 heteroatoms. The van der Waals surface area contributed by atoms with Crippen molar-refractivity contribution >= 4 is 11.4 Å². The maximum Gasteiger partial charge on any atom is 0.0561 e. The highest BCUT2D eigenvalue weighted by Gasteiger charge is 1.83. The van der Waals surface area contributed by atoms with Crippen molar-refractivity contribution in [1.29, 1.82) is 0 Å². The van der Waals surface area contributed by atoms with Gasteiger partial charge in [0.1, 0.15) is 0 Å². The van der Waals surface area contributed by atoms with E-state index in [2.05, 4.69) is 0 Å². The van der Waals surface area contributed by atoms with Crippen LogP contribution in [0.4, 0.5) is 11.4 Å². The topological polar surface area (TPSA) is 47.6 Å². The molecule has 40 valence electrons.